The van der Waals surface area contributed by atoms with Crippen LogP contribution in [0.3, 0.4) is 0 Å². The highest BCUT2D eigenvalue weighted by atomic mass is 127. The molecule has 1 fully saturated rings. The van der Waals surface area contributed by atoms with Gasteiger partial charge >= 0.3 is 5.97 Å². The highest BCUT2D eigenvalue weighted by Gasteiger charge is 2.49. The van der Waals surface area contributed by atoms with E-state index in [-0.39, 0.29) is 5.41 Å². The van der Waals surface area contributed by atoms with Gasteiger partial charge in [-0.05, 0) is 30.1 Å². The van der Waals surface area contributed by atoms with Crippen molar-refractivity contribution in [3.63, 3.8) is 0 Å². The highest BCUT2D eigenvalue weighted by Crippen LogP contribution is 2.49. The normalized spacial score (nSPS) is 19.7. The molecule has 2 nitrogen and oxygen atoms in total. The molecule has 0 radical (unpaired) electrons. The Morgan fingerprint density at radius 2 is 2.09 bits per heavy atom. The maximum Gasteiger partial charge on any atom is 0.309 e. The van der Waals surface area contributed by atoms with E-state index in [2.05, 4.69) is 22.6 Å². The predicted octanol–water partition coefficient (Wildman–Crippen LogP) is 2.46. The molecule has 0 aromatic carbocycles. The molecular formula is C8H13IO2. The van der Waals surface area contributed by atoms with Crippen LogP contribution in [0.25, 0.3) is 0 Å². The Hall–Kier alpha value is 0.200. The Labute approximate surface area is 80.5 Å². The Morgan fingerprint density at radius 1 is 1.45 bits per heavy atom. The fourth-order valence-electron chi connectivity index (χ4n) is 1.28. The van der Waals surface area contributed by atoms with E-state index in [1.807, 2.05) is 0 Å². The average Bonchev–Trinajstić information content (AvgIpc) is 2.70. The molecule has 0 amide bonds. The lowest BCUT2D eigenvalue weighted by Gasteiger charge is -2.07. The van der Waals surface area contributed by atoms with Gasteiger partial charge in [-0.25, -0.2) is 0 Å². The van der Waals surface area contributed by atoms with Crippen LogP contribution in [0.5, 0.6) is 0 Å². The summed E-state index contributed by atoms with van der Waals surface area (Å²) in [7, 11) is 0. The smallest absolute Gasteiger partial charge is 0.309 e. The third-order valence-electron chi connectivity index (χ3n) is 2.35. The number of carboxylic acids is 1. The molecule has 0 aromatic heterocycles. The Kier molecular flexibility index (Phi) is 3.16. The molecule has 1 N–H and O–H groups in total. The zero-order valence-electron chi connectivity index (χ0n) is 6.48. The van der Waals surface area contributed by atoms with E-state index >= 15 is 0 Å². The van der Waals surface area contributed by atoms with Crippen molar-refractivity contribution in [3.05, 3.63) is 0 Å². The number of hydrogen-bond donors (Lipinski definition) is 1. The summed E-state index contributed by atoms with van der Waals surface area (Å²) in [5, 5.41) is 8.80. The van der Waals surface area contributed by atoms with Gasteiger partial charge in [-0.15, -0.1) is 0 Å². The number of carboxylic acid groups (broad SMARTS) is 1. The van der Waals surface area contributed by atoms with Crippen molar-refractivity contribution in [2.45, 2.75) is 32.1 Å². The van der Waals surface area contributed by atoms with Crippen molar-refractivity contribution in [3.8, 4) is 0 Å². The van der Waals surface area contributed by atoms with Crippen molar-refractivity contribution in [2.24, 2.45) is 5.41 Å². The van der Waals surface area contributed by atoms with Crippen LogP contribution in [0.1, 0.15) is 32.1 Å². The molecule has 0 aromatic rings. The van der Waals surface area contributed by atoms with E-state index in [4.69, 9.17) is 5.11 Å². The summed E-state index contributed by atoms with van der Waals surface area (Å²) in [5.41, 5.74) is -0.286. The second-order valence-electron chi connectivity index (χ2n) is 3.23. The molecule has 0 saturated heterocycles. The van der Waals surface area contributed by atoms with E-state index < -0.39 is 5.97 Å². The largest absolute Gasteiger partial charge is 0.481 e. The van der Waals surface area contributed by atoms with Crippen molar-refractivity contribution in [1.82, 2.24) is 0 Å². The molecule has 0 atom stereocenters. The number of alkyl halides is 1. The third kappa shape index (κ3) is 2.32. The first-order valence-corrected chi connectivity index (χ1v) is 5.53. The van der Waals surface area contributed by atoms with Crippen molar-refractivity contribution < 1.29 is 9.90 Å². The minimum atomic E-state index is -0.578. The van der Waals surface area contributed by atoms with Gasteiger partial charge in [0.1, 0.15) is 0 Å². The lowest BCUT2D eigenvalue weighted by Crippen LogP contribution is -2.14. The van der Waals surface area contributed by atoms with Crippen LogP contribution < -0.4 is 0 Å². The molecule has 0 aliphatic heterocycles. The first kappa shape index (κ1) is 9.29. The monoisotopic (exact) mass is 268 g/mol. The van der Waals surface area contributed by atoms with Crippen molar-refractivity contribution in [2.75, 3.05) is 4.43 Å². The van der Waals surface area contributed by atoms with Crippen LogP contribution in [0.2, 0.25) is 0 Å². The summed E-state index contributed by atoms with van der Waals surface area (Å²) < 4.78 is 1.15. The Morgan fingerprint density at radius 3 is 2.45 bits per heavy atom. The zero-order chi connectivity index (χ0) is 8.32. The molecule has 1 aliphatic carbocycles. The number of hydrogen-bond acceptors (Lipinski definition) is 1. The molecule has 0 unspecified atom stereocenters. The van der Waals surface area contributed by atoms with Crippen molar-refractivity contribution in [1.29, 1.82) is 0 Å². The van der Waals surface area contributed by atoms with Gasteiger partial charge in [0.15, 0.2) is 0 Å². The molecule has 64 valence electrons. The molecule has 1 rings (SSSR count). The van der Waals surface area contributed by atoms with Gasteiger partial charge in [0, 0.05) is 0 Å². The van der Waals surface area contributed by atoms with E-state index in [0.717, 1.165) is 36.5 Å². The number of carbonyl (C=O) groups is 1. The SMILES string of the molecule is O=C(O)C1(CCCCI)CC1. The van der Waals surface area contributed by atoms with Crippen LogP contribution in [0.4, 0.5) is 0 Å². The average molecular weight is 268 g/mol. The fraction of sp³-hybridized carbons (Fsp3) is 0.875. The predicted molar refractivity (Wildman–Crippen MR) is 52.0 cm³/mol. The molecule has 1 aliphatic rings. The quantitative estimate of drug-likeness (QED) is 0.472. The van der Waals surface area contributed by atoms with E-state index in [0.29, 0.717) is 0 Å². The van der Waals surface area contributed by atoms with E-state index in [1.165, 1.54) is 0 Å². The van der Waals surface area contributed by atoms with Gasteiger partial charge in [-0.1, -0.05) is 29.0 Å². The fourth-order valence-corrected chi connectivity index (χ4v) is 1.82. The van der Waals surface area contributed by atoms with Crippen LogP contribution in [-0.4, -0.2) is 15.5 Å². The first-order valence-electron chi connectivity index (χ1n) is 4.01. The van der Waals surface area contributed by atoms with Gasteiger partial charge in [0.25, 0.3) is 0 Å². The Bertz CT molecular complexity index is 152. The lowest BCUT2D eigenvalue weighted by atomic mass is 10.00. The van der Waals surface area contributed by atoms with Crippen LogP contribution in [-0.2, 0) is 4.79 Å². The maximum absolute atomic E-state index is 10.7. The molecule has 0 heterocycles. The maximum atomic E-state index is 10.7. The topological polar surface area (TPSA) is 37.3 Å². The molecule has 1 saturated carbocycles. The minimum Gasteiger partial charge on any atom is -0.481 e. The second-order valence-corrected chi connectivity index (χ2v) is 4.31. The number of rotatable bonds is 5. The van der Waals surface area contributed by atoms with Gasteiger partial charge in [-0.3, -0.25) is 4.79 Å². The van der Waals surface area contributed by atoms with Crippen molar-refractivity contribution >= 4 is 28.6 Å². The van der Waals surface area contributed by atoms with Gasteiger partial charge < -0.3 is 5.11 Å². The molecule has 3 heteroatoms. The number of halogens is 1. The van der Waals surface area contributed by atoms with Gasteiger partial charge in [0.2, 0.25) is 0 Å². The molecule has 0 spiro atoms. The minimum absolute atomic E-state index is 0.286. The second kappa shape index (κ2) is 3.74. The zero-order valence-corrected chi connectivity index (χ0v) is 8.63. The first-order chi connectivity index (χ1) is 5.21. The van der Waals surface area contributed by atoms with E-state index in [9.17, 15) is 4.79 Å². The van der Waals surface area contributed by atoms with Crippen LogP contribution >= 0.6 is 22.6 Å². The number of unbranched alkanes of at least 4 members (excludes halogenated alkanes) is 1. The van der Waals surface area contributed by atoms with Crippen LogP contribution in [0, 0.1) is 5.41 Å². The highest BCUT2D eigenvalue weighted by molar-refractivity contribution is 14.1. The van der Waals surface area contributed by atoms with E-state index in [1.54, 1.807) is 0 Å². The summed E-state index contributed by atoms with van der Waals surface area (Å²) in [4.78, 5) is 10.7. The summed E-state index contributed by atoms with van der Waals surface area (Å²) >= 11 is 2.33. The molecular weight excluding hydrogens is 255 g/mol. The summed E-state index contributed by atoms with van der Waals surface area (Å²) in [5.74, 6) is -0.578. The standard InChI is InChI=1S/C8H13IO2/c9-6-2-1-3-8(4-5-8)7(10)11/h1-6H2,(H,10,11). The van der Waals surface area contributed by atoms with Crippen LogP contribution in [0.15, 0.2) is 0 Å². The summed E-state index contributed by atoms with van der Waals surface area (Å²) in [6.45, 7) is 0. The molecule has 0 bridgehead atoms. The summed E-state index contributed by atoms with van der Waals surface area (Å²) in [6, 6.07) is 0. The Balaban J connectivity index is 2.20. The summed E-state index contributed by atoms with van der Waals surface area (Å²) in [6.07, 6.45) is 4.95. The number of aliphatic carboxylic acids is 1. The van der Waals surface area contributed by atoms with Gasteiger partial charge in [0.05, 0.1) is 5.41 Å². The lowest BCUT2D eigenvalue weighted by molar-refractivity contribution is -0.143. The third-order valence-corrected chi connectivity index (χ3v) is 3.11. The van der Waals surface area contributed by atoms with Gasteiger partial charge in [-0.2, -0.15) is 0 Å². The molecule has 11 heavy (non-hydrogen) atoms.